The van der Waals surface area contributed by atoms with Crippen LogP contribution in [0.4, 0.5) is 5.69 Å². The maximum Gasteiger partial charge on any atom is 0.224 e. The highest BCUT2D eigenvalue weighted by Gasteiger charge is 2.21. The summed E-state index contributed by atoms with van der Waals surface area (Å²) in [5.74, 6) is 1.21. The maximum absolute atomic E-state index is 11.9. The van der Waals surface area contributed by atoms with Gasteiger partial charge < -0.3 is 10.6 Å². The van der Waals surface area contributed by atoms with Crippen LogP contribution in [0.3, 0.4) is 0 Å². The summed E-state index contributed by atoms with van der Waals surface area (Å²) < 4.78 is 0. The Balaban J connectivity index is 1.79. The molecule has 1 heterocycles. The van der Waals surface area contributed by atoms with E-state index in [-0.39, 0.29) is 5.91 Å². The third-order valence-electron chi connectivity index (χ3n) is 3.70. The van der Waals surface area contributed by atoms with Crippen molar-refractivity contribution in [3.63, 3.8) is 0 Å². The second kappa shape index (κ2) is 6.55. The number of para-hydroxylation sites is 1. The van der Waals surface area contributed by atoms with Gasteiger partial charge in [-0.2, -0.15) is 0 Å². The number of piperidine rings is 1. The molecule has 1 aromatic carbocycles. The molecule has 0 radical (unpaired) electrons. The summed E-state index contributed by atoms with van der Waals surface area (Å²) in [5.41, 5.74) is 0.886. The van der Waals surface area contributed by atoms with Crippen LogP contribution >= 0.6 is 0 Å². The number of hydrogen-bond donors (Lipinski definition) is 2. The van der Waals surface area contributed by atoms with Gasteiger partial charge in [-0.1, -0.05) is 25.1 Å². The van der Waals surface area contributed by atoms with E-state index in [4.69, 9.17) is 0 Å². The number of amides is 1. The molecule has 2 rings (SSSR count). The van der Waals surface area contributed by atoms with E-state index in [1.807, 2.05) is 30.3 Å². The van der Waals surface area contributed by atoms with Gasteiger partial charge in [0.2, 0.25) is 5.91 Å². The predicted octanol–water partition coefficient (Wildman–Crippen LogP) is 2.65. The summed E-state index contributed by atoms with van der Waals surface area (Å²) in [4.78, 5) is 11.9. The Labute approximate surface area is 109 Å². The number of rotatable bonds is 4. The smallest absolute Gasteiger partial charge is 0.224 e. The average molecular weight is 246 g/mol. The molecule has 2 N–H and O–H groups in total. The van der Waals surface area contributed by atoms with Gasteiger partial charge in [-0.15, -0.1) is 0 Å². The topological polar surface area (TPSA) is 41.1 Å². The Morgan fingerprint density at radius 3 is 2.89 bits per heavy atom. The second-order valence-electron chi connectivity index (χ2n) is 5.20. The van der Waals surface area contributed by atoms with Crippen LogP contribution in [0.5, 0.6) is 0 Å². The Bertz CT molecular complexity index is 371. The SMILES string of the molecule is C[C@H](CC(=O)Nc1ccccc1)[C@H]1CCCNC1. The molecule has 1 aromatic rings. The van der Waals surface area contributed by atoms with E-state index < -0.39 is 0 Å². The van der Waals surface area contributed by atoms with Gasteiger partial charge in [0.25, 0.3) is 0 Å². The average Bonchev–Trinajstić information content (AvgIpc) is 2.40. The molecule has 1 saturated heterocycles. The van der Waals surface area contributed by atoms with E-state index >= 15 is 0 Å². The molecular weight excluding hydrogens is 224 g/mol. The van der Waals surface area contributed by atoms with Crippen molar-refractivity contribution in [3.8, 4) is 0 Å². The Morgan fingerprint density at radius 1 is 1.44 bits per heavy atom. The molecule has 18 heavy (non-hydrogen) atoms. The lowest BCUT2D eigenvalue weighted by Crippen LogP contribution is -2.34. The first kappa shape index (κ1) is 13.1. The zero-order chi connectivity index (χ0) is 12.8. The van der Waals surface area contributed by atoms with E-state index in [1.54, 1.807) is 0 Å². The number of benzene rings is 1. The molecule has 0 saturated carbocycles. The van der Waals surface area contributed by atoms with E-state index in [2.05, 4.69) is 17.6 Å². The van der Waals surface area contributed by atoms with Crippen LogP contribution in [0.1, 0.15) is 26.2 Å². The van der Waals surface area contributed by atoms with E-state index in [0.717, 1.165) is 18.8 Å². The fraction of sp³-hybridized carbons (Fsp3) is 0.533. The molecule has 0 aliphatic carbocycles. The zero-order valence-electron chi connectivity index (χ0n) is 11.0. The van der Waals surface area contributed by atoms with Crippen LogP contribution in [0, 0.1) is 11.8 Å². The van der Waals surface area contributed by atoms with Gasteiger partial charge in [-0.3, -0.25) is 4.79 Å². The largest absolute Gasteiger partial charge is 0.326 e. The number of carbonyl (C=O) groups excluding carboxylic acids is 1. The van der Waals surface area contributed by atoms with E-state index in [9.17, 15) is 4.79 Å². The van der Waals surface area contributed by atoms with Gasteiger partial charge in [-0.25, -0.2) is 0 Å². The Hall–Kier alpha value is -1.35. The standard InChI is InChI=1S/C15H22N2O/c1-12(13-6-5-9-16-11-13)10-15(18)17-14-7-3-2-4-8-14/h2-4,7-8,12-13,16H,5-6,9-11H2,1H3,(H,17,18)/t12-,13+/m1/s1. The molecule has 1 amide bonds. The molecule has 98 valence electrons. The first-order chi connectivity index (χ1) is 8.75. The van der Waals surface area contributed by atoms with E-state index in [1.165, 1.54) is 12.8 Å². The normalized spacial score (nSPS) is 21.3. The van der Waals surface area contributed by atoms with Gasteiger partial charge in [0, 0.05) is 12.1 Å². The Kier molecular flexibility index (Phi) is 4.76. The molecule has 0 aromatic heterocycles. The van der Waals surface area contributed by atoms with Crippen LogP contribution in [0.15, 0.2) is 30.3 Å². The molecular formula is C15H22N2O. The van der Waals surface area contributed by atoms with Crippen molar-refractivity contribution in [3.05, 3.63) is 30.3 Å². The lowest BCUT2D eigenvalue weighted by Gasteiger charge is -2.28. The van der Waals surface area contributed by atoms with Crippen molar-refractivity contribution in [2.45, 2.75) is 26.2 Å². The van der Waals surface area contributed by atoms with Gasteiger partial charge in [-0.05, 0) is 49.9 Å². The second-order valence-corrected chi connectivity index (χ2v) is 5.20. The minimum absolute atomic E-state index is 0.124. The summed E-state index contributed by atoms with van der Waals surface area (Å²) in [7, 11) is 0. The van der Waals surface area contributed by atoms with Crippen LogP contribution in [0.25, 0.3) is 0 Å². The molecule has 1 aliphatic rings. The van der Waals surface area contributed by atoms with Gasteiger partial charge in [0.1, 0.15) is 0 Å². The van der Waals surface area contributed by atoms with Crippen LogP contribution in [-0.4, -0.2) is 19.0 Å². The lowest BCUT2D eigenvalue weighted by molar-refractivity contribution is -0.117. The highest BCUT2D eigenvalue weighted by Crippen LogP contribution is 2.22. The van der Waals surface area contributed by atoms with E-state index in [0.29, 0.717) is 18.3 Å². The molecule has 0 unspecified atom stereocenters. The van der Waals surface area contributed by atoms with Crippen molar-refractivity contribution in [2.75, 3.05) is 18.4 Å². The monoisotopic (exact) mass is 246 g/mol. The van der Waals surface area contributed by atoms with Gasteiger partial charge in [0.05, 0.1) is 0 Å². The summed E-state index contributed by atoms with van der Waals surface area (Å²) in [6.07, 6.45) is 3.09. The van der Waals surface area contributed by atoms with Crippen molar-refractivity contribution in [2.24, 2.45) is 11.8 Å². The number of anilines is 1. The lowest BCUT2D eigenvalue weighted by atomic mass is 9.85. The van der Waals surface area contributed by atoms with Crippen molar-refractivity contribution < 1.29 is 4.79 Å². The number of nitrogens with one attached hydrogen (secondary N) is 2. The molecule has 1 fully saturated rings. The summed E-state index contributed by atoms with van der Waals surface area (Å²) >= 11 is 0. The first-order valence-corrected chi connectivity index (χ1v) is 6.81. The third kappa shape index (κ3) is 3.84. The van der Waals surface area contributed by atoms with Crippen LogP contribution in [0.2, 0.25) is 0 Å². The quantitative estimate of drug-likeness (QED) is 0.857. The summed E-state index contributed by atoms with van der Waals surface area (Å²) in [5, 5.41) is 6.36. The highest BCUT2D eigenvalue weighted by atomic mass is 16.1. The summed E-state index contributed by atoms with van der Waals surface area (Å²) in [6, 6.07) is 9.66. The highest BCUT2D eigenvalue weighted by molar-refractivity contribution is 5.90. The molecule has 0 bridgehead atoms. The van der Waals surface area contributed by atoms with Crippen molar-refractivity contribution in [1.29, 1.82) is 0 Å². The first-order valence-electron chi connectivity index (χ1n) is 6.81. The number of carbonyl (C=O) groups is 1. The van der Waals surface area contributed by atoms with Crippen molar-refractivity contribution in [1.82, 2.24) is 5.32 Å². The Morgan fingerprint density at radius 2 is 2.22 bits per heavy atom. The molecule has 3 heteroatoms. The zero-order valence-corrected chi connectivity index (χ0v) is 11.0. The van der Waals surface area contributed by atoms with Gasteiger partial charge >= 0.3 is 0 Å². The molecule has 1 aliphatic heterocycles. The minimum Gasteiger partial charge on any atom is -0.326 e. The fourth-order valence-corrected chi connectivity index (χ4v) is 2.56. The molecule has 0 spiro atoms. The predicted molar refractivity (Wildman–Crippen MR) is 74.4 cm³/mol. The molecule has 2 atom stereocenters. The van der Waals surface area contributed by atoms with Crippen LogP contribution < -0.4 is 10.6 Å². The third-order valence-corrected chi connectivity index (χ3v) is 3.70. The summed E-state index contributed by atoms with van der Waals surface area (Å²) in [6.45, 7) is 4.36. The van der Waals surface area contributed by atoms with Crippen LogP contribution in [-0.2, 0) is 4.79 Å². The minimum atomic E-state index is 0.124. The van der Waals surface area contributed by atoms with Crippen molar-refractivity contribution >= 4 is 11.6 Å². The number of hydrogen-bond acceptors (Lipinski definition) is 2. The maximum atomic E-state index is 11.9. The fourth-order valence-electron chi connectivity index (χ4n) is 2.56. The molecule has 3 nitrogen and oxygen atoms in total. The van der Waals surface area contributed by atoms with Gasteiger partial charge in [0.15, 0.2) is 0 Å².